The van der Waals surface area contributed by atoms with E-state index in [9.17, 15) is 9.59 Å². The topological polar surface area (TPSA) is 55.4 Å². The molecular weight excluding hydrogens is 206 g/mol. The Kier molecular flexibility index (Phi) is 4.51. The van der Waals surface area contributed by atoms with Crippen molar-refractivity contribution in [3.63, 3.8) is 0 Å². The van der Waals surface area contributed by atoms with Gasteiger partial charge in [0.15, 0.2) is 6.04 Å². The smallest absolute Gasteiger partial charge is 0.333 e. The number of esters is 1. The summed E-state index contributed by atoms with van der Waals surface area (Å²) in [5.74, 6) is -0.646. The first kappa shape index (κ1) is 12.2. The molecule has 4 nitrogen and oxygen atoms in total. The molecule has 0 radical (unpaired) electrons. The molecule has 16 heavy (non-hydrogen) atoms. The lowest BCUT2D eigenvalue weighted by Gasteiger charge is -2.16. The van der Waals surface area contributed by atoms with Crippen LogP contribution in [0.3, 0.4) is 0 Å². The first-order valence-corrected chi connectivity index (χ1v) is 5.11. The zero-order chi connectivity index (χ0) is 12.0. The van der Waals surface area contributed by atoms with E-state index in [-0.39, 0.29) is 5.91 Å². The van der Waals surface area contributed by atoms with Gasteiger partial charge in [-0.05, 0) is 5.56 Å². The minimum atomic E-state index is -0.723. The van der Waals surface area contributed by atoms with E-state index in [1.165, 1.54) is 7.11 Å². The summed E-state index contributed by atoms with van der Waals surface area (Å²) in [7, 11) is 1.30. The van der Waals surface area contributed by atoms with Crippen LogP contribution < -0.4 is 5.32 Å². The number of carbonyl (C=O) groups is 2. The lowest BCUT2D eigenvalue weighted by atomic mass is 10.1. The van der Waals surface area contributed by atoms with Gasteiger partial charge in [-0.2, -0.15) is 0 Å². The second-order valence-corrected chi connectivity index (χ2v) is 3.29. The summed E-state index contributed by atoms with van der Waals surface area (Å²) >= 11 is 0. The van der Waals surface area contributed by atoms with Gasteiger partial charge in [-0.3, -0.25) is 4.79 Å². The van der Waals surface area contributed by atoms with Crippen LogP contribution in [-0.4, -0.2) is 19.0 Å². The summed E-state index contributed by atoms with van der Waals surface area (Å²) in [5.41, 5.74) is 0.719. The van der Waals surface area contributed by atoms with E-state index in [0.29, 0.717) is 6.42 Å². The predicted octanol–water partition coefficient (Wildman–Crippen LogP) is 1.43. The predicted molar refractivity (Wildman–Crippen MR) is 59.6 cm³/mol. The standard InChI is InChI=1S/C12H15NO3/c1-3-10(14)13-11(12(15)16-2)9-7-5-4-6-8-9/h4-8,11H,3H2,1-2H3,(H,13,14). The number of hydrogen-bond donors (Lipinski definition) is 1. The van der Waals surface area contributed by atoms with E-state index in [4.69, 9.17) is 0 Å². The zero-order valence-corrected chi connectivity index (χ0v) is 9.40. The minimum Gasteiger partial charge on any atom is -0.467 e. The molecule has 0 saturated heterocycles. The molecule has 1 aromatic carbocycles. The number of benzene rings is 1. The fourth-order valence-electron chi connectivity index (χ4n) is 1.30. The minimum absolute atomic E-state index is 0.181. The highest BCUT2D eigenvalue weighted by molar-refractivity contribution is 5.85. The summed E-state index contributed by atoms with van der Waals surface area (Å²) in [4.78, 5) is 22.8. The van der Waals surface area contributed by atoms with Crippen molar-refractivity contribution in [1.82, 2.24) is 5.32 Å². The SMILES string of the molecule is CCC(=O)NC(C(=O)OC)c1ccccc1. The molecule has 0 aliphatic carbocycles. The van der Waals surface area contributed by atoms with Crippen molar-refractivity contribution in [1.29, 1.82) is 0 Å². The quantitative estimate of drug-likeness (QED) is 0.782. The van der Waals surface area contributed by atoms with Crippen molar-refractivity contribution in [2.45, 2.75) is 19.4 Å². The fourth-order valence-corrected chi connectivity index (χ4v) is 1.30. The van der Waals surface area contributed by atoms with Crippen molar-refractivity contribution in [3.8, 4) is 0 Å². The van der Waals surface area contributed by atoms with Crippen LogP contribution in [0.4, 0.5) is 0 Å². The van der Waals surface area contributed by atoms with E-state index in [2.05, 4.69) is 10.1 Å². The third-order valence-electron chi connectivity index (χ3n) is 2.20. The van der Waals surface area contributed by atoms with E-state index < -0.39 is 12.0 Å². The van der Waals surface area contributed by atoms with E-state index in [1.807, 2.05) is 18.2 Å². The van der Waals surface area contributed by atoms with Crippen LogP contribution >= 0.6 is 0 Å². The molecule has 1 amide bonds. The molecule has 0 saturated carbocycles. The van der Waals surface area contributed by atoms with Crippen molar-refractivity contribution in [3.05, 3.63) is 35.9 Å². The van der Waals surface area contributed by atoms with Gasteiger partial charge < -0.3 is 10.1 Å². The van der Waals surface area contributed by atoms with Gasteiger partial charge in [0.25, 0.3) is 0 Å². The zero-order valence-electron chi connectivity index (χ0n) is 9.40. The lowest BCUT2D eigenvalue weighted by Crippen LogP contribution is -2.34. The molecule has 1 unspecified atom stereocenters. The number of carbonyl (C=O) groups excluding carboxylic acids is 2. The number of ether oxygens (including phenoxy) is 1. The lowest BCUT2D eigenvalue weighted by molar-refractivity contribution is -0.145. The second-order valence-electron chi connectivity index (χ2n) is 3.29. The third-order valence-corrected chi connectivity index (χ3v) is 2.20. The summed E-state index contributed by atoms with van der Waals surface area (Å²) in [6.07, 6.45) is 0.334. The molecule has 1 atom stereocenters. The van der Waals surface area contributed by atoms with E-state index in [1.54, 1.807) is 19.1 Å². The Balaban J connectivity index is 2.88. The van der Waals surface area contributed by atoms with Crippen LogP contribution in [0.1, 0.15) is 24.9 Å². The van der Waals surface area contributed by atoms with Gasteiger partial charge in [-0.25, -0.2) is 4.79 Å². The highest BCUT2D eigenvalue weighted by Gasteiger charge is 2.22. The maximum absolute atomic E-state index is 11.5. The molecule has 0 aliphatic rings. The van der Waals surface area contributed by atoms with Gasteiger partial charge in [-0.15, -0.1) is 0 Å². The van der Waals surface area contributed by atoms with Gasteiger partial charge in [0.2, 0.25) is 5.91 Å². The van der Waals surface area contributed by atoms with Gasteiger partial charge in [0, 0.05) is 6.42 Å². The van der Waals surface area contributed by atoms with Crippen molar-refractivity contribution in [2.75, 3.05) is 7.11 Å². The molecule has 0 fully saturated rings. The molecule has 86 valence electrons. The highest BCUT2D eigenvalue weighted by Crippen LogP contribution is 2.14. The summed E-state index contributed by atoms with van der Waals surface area (Å²) in [6.45, 7) is 1.73. The fraction of sp³-hybridized carbons (Fsp3) is 0.333. The molecular formula is C12H15NO3. The van der Waals surface area contributed by atoms with Crippen molar-refractivity contribution in [2.24, 2.45) is 0 Å². The molecule has 0 aromatic heterocycles. The molecule has 4 heteroatoms. The number of methoxy groups -OCH3 is 1. The van der Waals surface area contributed by atoms with Crippen molar-refractivity contribution >= 4 is 11.9 Å². The molecule has 0 bridgehead atoms. The van der Waals surface area contributed by atoms with Crippen LogP contribution in [0, 0.1) is 0 Å². The van der Waals surface area contributed by atoms with Crippen LogP contribution in [0.15, 0.2) is 30.3 Å². The highest BCUT2D eigenvalue weighted by atomic mass is 16.5. The van der Waals surface area contributed by atoms with Crippen LogP contribution in [0.5, 0.6) is 0 Å². The van der Waals surface area contributed by atoms with Crippen LogP contribution in [-0.2, 0) is 14.3 Å². The Bertz CT molecular complexity index is 362. The van der Waals surface area contributed by atoms with Gasteiger partial charge in [-0.1, -0.05) is 37.3 Å². The Morgan fingerprint density at radius 3 is 2.44 bits per heavy atom. The van der Waals surface area contributed by atoms with Gasteiger partial charge >= 0.3 is 5.97 Å². The Morgan fingerprint density at radius 2 is 1.94 bits per heavy atom. The molecule has 1 aromatic rings. The molecule has 1 rings (SSSR count). The van der Waals surface area contributed by atoms with E-state index >= 15 is 0 Å². The second kappa shape index (κ2) is 5.90. The third kappa shape index (κ3) is 3.08. The summed E-state index contributed by atoms with van der Waals surface area (Å²) < 4.78 is 4.66. The molecule has 0 spiro atoms. The average molecular weight is 221 g/mol. The summed E-state index contributed by atoms with van der Waals surface area (Å²) in [5, 5.41) is 2.62. The first-order valence-electron chi connectivity index (χ1n) is 5.11. The molecule has 1 N–H and O–H groups in total. The van der Waals surface area contributed by atoms with Gasteiger partial charge in [0.05, 0.1) is 7.11 Å². The monoisotopic (exact) mass is 221 g/mol. The van der Waals surface area contributed by atoms with Gasteiger partial charge in [0.1, 0.15) is 0 Å². The Hall–Kier alpha value is -1.84. The normalized spacial score (nSPS) is 11.6. The number of nitrogens with one attached hydrogen (secondary N) is 1. The Labute approximate surface area is 94.6 Å². The Morgan fingerprint density at radius 1 is 1.31 bits per heavy atom. The van der Waals surface area contributed by atoms with E-state index in [0.717, 1.165) is 5.56 Å². The van der Waals surface area contributed by atoms with Crippen LogP contribution in [0.25, 0.3) is 0 Å². The number of hydrogen-bond acceptors (Lipinski definition) is 3. The number of amides is 1. The largest absolute Gasteiger partial charge is 0.467 e. The molecule has 0 heterocycles. The maximum Gasteiger partial charge on any atom is 0.333 e. The molecule has 0 aliphatic heterocycles. The van der Waals surface area contributed by atoms with Crippen molar-refractivity contribution < 1.29 is 14.3 Å². The maximum atomic E-state index is 11.5. The van der Waals surface area contributed by atoms with Crippen LogP contribution in [0.2, 0.25) is 0 Å². The first-order chi connectivity index (χ1) is 7.69. The summed E-state index contributed by atoms with van der Waals surface area (Å²) in [6, 6.07) is 8.29. The number of rotatable bonds is 4. The average Bonchev–Trinajstić information content (AvgIpc) is 2.35.